The number of nitrogens with zero attached hydrogens (tertiary/aromatic N) is 1. The number of aryl methyl sites for hydroxylation is 3. The lowest BCUT2D eigenvalue weighted by Crippen LogP contribution is -1.92. The molecule has 2 aromatic rings. The van der Waals surface area contributed by atoms with Gasteiger partial charge in [-0.05, 0) is 36.8 Å². The van der Waals surface area contributed by atoms with Gasteiger partial charge in [-0.2, -0.15) is 0 Å². The summed E-state index contributed by atoms with van der Waals surface area (Å²) in [5, 5.41) is 2.61. The Hall–Kier alpha value is -1.37. The Labute approximate surface area is 91.2 Å². The molecule has 0 unspecified atom stereocenters. The molecule has 78 valence electrons. The van der Waals surface area contributed by atoms with E-state index in [-0.39, 0.29) is 0 Å². The van der Waals surface area contributed by atoms with Crippen molar-refractivity contribution in [3.05, 3.63) is 41.2 Å². The van der Waals surface area contributed by atoms with Crippen LogP contribution in [-0.2, 0) is 12.8 Å². The molecular formula is C14H17N. The zero-order chi connectivity index (χ0) is 10.8. The summed E-state index contributed by atoms with van der Waals surface area (Å²) in [4.78, 5) is 4.58. The van der Waals surface area contributed by atoms with Crippen molar-refractivity contribution < 1.29 is 0 Å². The van der Waals surface area contributed by atoms with Gasteiger partial charge in [-0.25, -0.2) is 0 Å². The summed E-state index contributed by atoms with van der Waals surface area (Å²) in [5.41, 5.74) is 3.73. The number of fused-ring (bicyclic) bond motifs is 1. The quantitative estimate of drug-likeness (QED) is 0.719. The second-order valence-electron chi connectivity index (χ2n) is 3.96. The predicted octanol–water partition coefficient (Wildman–Crippen LogP) is 3.67. The second-order valence-corrected chi connectivity index (χ2v) is 3.96. The number of pyridine rings is 1. The number of rotatable bonds is 2. The van der Waals surface area contributed by atoms with E-state index in [1.54, 1.807) is 0 Å². The molecule has 0 bridgehead atoms. The third kappa shape index (κ3) is 1.87. The average molecular weight is 199 g/mol. The van der Waals surface area contributed by atoms with Gasteiger partial charge in [0.05, 0.1) is 0 Å². The largest absolute Gasteiger partial charge is 0.258 e. The van der Waals surface area contributed by atoms with E-state index in [1.165, 1.54) is 22.0 Å². The molecule has 1 aromatic carbocycles. The highest BCUT2D eigenvalue weighted by Gasteiger charge is 2.02. The number of benzene rings is 1. The van der Waals surface area contributed by atoms with Crippen LogP contribution in [0.1, 0.15) is 30.8 Å². The topological polar surface area (TPSA) is 12.9 Å². The first-order valence-electron chi connectivity index (χ1n) is 5.63. The summed E-state index contributed by atoms with van der Waals surface area (Å²) < 4.78 is 0. The first-order valence-corrected chi connectivity index (χ1v) is 5.63. The lowest BCUT2D eigenvalue weighted by molar-refractivity contribution is 1.02. The van der Waals surface area contributed by atoms with Crippen molar-refractivity contribution >= 4 is 10.8 Å². The molecule has 0 amide bonds. The van der Waals surface area contributed by atoms with E-state index in [0.717, 1.165) is 18.5 Å². The van der Waals surface area contributed by atoms with E-state index >= 15 is 0 Å². The number of hydrogen-bond acceptors (Lipinski definition) is 1. The van der Waals surface area contributed by atoms with Crippen LogP contribution in [0.5, 0.6) is 0 Å². The van der Waals surface area contributed by atoms with Crippen LogP contribution in [0.25, 0.3) is 10.8 Å². The number of hydrogen-bond donors (Lipinski definition) is 0. The molecule has 1 heteroatoms. The SMILES string of the molecule is CCc1ccc2c(C)nc(CC)cc2c1. The van der Waals surface area contributed by atoms with Gasteiger partial charge < -0.3 is 0 Å². The van der Waals surface area contributed by atoms with E-state index in [9.17, 15) is 0 Å². The highest BCUT2D eigenvalue weighted by Crippen LogP contribution is 2.20. The van der Waals surface area contributed by atoms with Crippen LogP contribution in [0.15, 0.2) is 24.3 Å². The Morgan fingerprint density at radius 1 is 1.07 bits per heavy atom. The standard InChI is InChI=1S/C14H17N/c1-4-11-6-7-14-10(3)15-13(5-2)9-12(14)8-11/h6-9H,4-5H2,1-3H3. The van der Waals surface area contributed by atoms with Gasteiger partial charge >= 0.3 is 0 Å². The summed E-state index contributed by atoms with van der Waals surface area (Å²) in [6.07, 6.45) is 2.10. The van der Waals surface area contributed by atoms with Gasteiger partial charge in [-0.1, -0.05) is 32.0 Å². The van der Waals surface area contributed by atoms with Crippen LogP contribution in [0, 0.1) is 6.92 Å². The number of aromatic nitrogens is 1. The molecule has 1 nitrogen and oxygen atoms in total. The van der Waals surface area contributed by atoms with Gasteiger partial charge in [-0.3, -0.25) is 4.98 Å². The maximum atomic E-state index is 4.58. The van der Waals surface area contributed by atoms with Crippen molar-refractivity contribution in [3.8, 4) is 0 Å². The van der Waals surface area contributed by atoms with E-state index in [1.807, 2.05) is 0 Å². The van der Waals surface area contributed by atoms with Crippen molar-refractivity contribution in [1.82, 2.24) is 4.98 Å². The Kier molecular flexibility index (Phi) is 2.72. The summed E-state index contributed by atoms with van der Waals surface area (Å²) in [6, 6.07) is 8.88. The fourth-order valence-corrected chi connectivity index (χ4v) is 1.95. The van der Waals surface area contributed by atoms with Gasteiger partial charge in [-0.15, -0.1) is 0 Å². The molecule has 0 aliphatic rings. The lowest BCUT2D eigenvalue weighted by atomic mass is 10.0. The fraction of sp³-hybridized carbons (Fsp3) is 0.357. The van der Waals surface area contributed by atoms with Crippen LogP contribution in [0.4, 0.5) is 0 Å². The minimum Gasteiger partial charge on any atom is -0.258 e. The van der Waals surface area contributed by atoms with E-state index in [0.29, 0.717) is 0 Å². The van der Waals surface area contributed by atoms with E-state index in [2.05, 4.69) is 50.0 Å². The maximum Gasteiger partial charge on any atom is 0.0454 e. The summed E-state index contributed by atoms with van der Waals surface area (Å²) >= 11 is 0. The van der Waals surface area contributed by atoms with Gasteiger partial charge in [0.2, 0.25) is 0 Å². The normalized spacial score (nSPS) is 10.9. The molecule has 0 N–H and O–H groups in total. The molecule has 0 spiro atoms. The average Bonchev–Trinajstić information content (AvgIpc) is 2.28. The van der Waals surface area contributed by atoms with Crippen LogP contribution < -0.4 is 0 Å². The molecule has 1 heterocycles. The summed E-state index contributed by atoms with van der Waals surface area (Å²) in [5.74, 6) is 0. The van der Waals surface area contributed by atoms with Crippen molar-refractivity contribution in [3.63, 3.8) is 0 Å². The molecule has 0 saturated carbocycles. The smallest absolute Gasteiger partial charge is 0.0454 e. The Bertz CT molecular complexity index is 481. The first kappa shape index (κ1) is 10.2. The van der Waals surface area contributed by atoms with Gasteiger partial charge in [0, 0.05) is 16.8 Å². The molecule has 0 radical (unpaired) electrons. The van der Waals surface area contributed by atoms with Crippen molar-refractivity contribution in [2.24, 2.45) is 0 Å². The molecule has 0 saturated heterocycles. The zero-order valence-corrected chi connectivity index (χ0v) is 9.67. The summed E-state index contributed by atoms with van der Waals surface area (Å²) in [7, 11) is 0. The first-order chi connectivity index (χ1) is 7.24. The molecule has 0 aliphatic heterocycles. The second kappa shape index (κ2) is 4.01. The molecule has 0 atom stereocenters. The predicted molar refractivity (Wildman–Crippen MR) is 65.2 cm³/mol. The minimum absolute atomic E-state index is 1.01. The molecule has 15 heavy (non-hydrogen) atoms. The van der Waals surface area contributed by atoms with Crippen LogP contribution >= 0.6 is 0 Å². The van der Waals surface area contributed by atoms with Crippen LogP contribution in [-0.4, -0.2) is 4.98 Å². The molecular weight excluding hydrogens is 182 g/mol. The Balaban J connectivity index is 2.69. The molecule has 1 aromatic heterocycles. The zero-order valence-electron chi connectivity index (χ0n) is 9.67. The van der Waals surface area contributed by atoms with Gasteiger partial charge in [0.25, 0.3) is 0 Å². The minimum atomic E-state index is 1.01. The van der Waals surface area contributed by atoms with Gasteiger partial charge in [0.15, 0.2) is 0 Å². The van der Waals surface area contributed by atoms with Crippen LogP contribution in [0.3, 0.4) is 0 Å². The monoisotopic (exact) mass is 199 g/mol. The van der Waals surface area contributed by atoms with Crippen molar-refractivity contribution in [2.75, 3.05) is 0 Å². The van der Waals surface area contributed by atoms with Crippen molar-refractivity contribution in [1.29, 1.82) is 0 Å². The third-order valence-electron chi connectivity index (χ3n) is 2.91. The summed E-state index contributed by atoms with van der Waals surface area (Å²) in [6.45, 7) is 6.43. The van der Waals surface area contributed by atoms with Gasteiger partial charge in [0.1, 0.15) is 0 Å². The Morgan fingerprint density at radius 2 is 1.87 bits per heavy atom. The fourth-order valence-electron chi connectivity index (χ4n) is 1.95. The lowest BCUT2D eigenvalue weighted by Gasteiger charge is -2.06. The Morgan fingerprint density at radius 3 is 2.53 bits per heavy atom. The molecule has 0 aliphatic carbocycles. The molecule has 0 fully saturated rings. The van der Waals surface area contributed by atoms with E-state index < -0.39 is 0 Å². The third-order valence-corrected chi connectivity index (χ3v) is 2.91. The highest BCUT2D eigenvalue weighted by atomic mass is 14.7. The highest BCUT2D eigenvalue weighted by molar-refractivity contribution is 5.85. The maximum absolute atomic E-state index is 4.58. The van der Waals surface area contributed by atoms with Crippen LogP contribution in [0.2, 0.25) is 0 Å². The van der Waals surface area contributed by atoms with Crippen molar-refractivity contribution in [2.45, 2.75) is 33.6 Å². The molecule has 2 rings (SSSR count). The van der Waals surface area contributed by atoms with E-state index in [4.69, 9.17) is 0 Å².